The third-order valence-corrected chi connectivity index (χ3v) is 4.73. The van der Waals surface area contributed by atoms with E-state index in [9.17, 15) is 4.79 Å². The van der Waals surface area contributed by atoms with Crippen LogP contribution >= 0.6 is 0 Å². The molecule has 0 radical (unpaired) electrons. The number of hydrogen-bond acceptors (Lipinski definition) is 5. The maximum atomic E-state index is 12.8. The number of morpholine rings is 1. The fourth-order valence-electron chi connectivity index (χ4n) is 3.44. The van der Waals surface area contributed by atoms with E-state index in [0.717, 1.165) is 22.4 Å². The van der Waals surface area contributed by atoms with Crippen molar-refractivity contribution in [1.82, 2.24) is 10.2 Å². The highest BCUT2D eigenvalue weighted by Crippen LogP contribution is 2.37. The van der Waals surface area contributed by atoms with E-state index >= 15 is 0 Å². The summed E-state index contributed by atoms with van der Waals surface area (Å²) in [5, 5.41) is 9.04. The molecule has 27 heavy (non-hydrogen) atoms. The van der Waals surface area contributed by atoms with Gasteiger partial charge in [-0.2, -0.15) is 0 Å². The van der Waals surface area contributed by atoms with Gasteiger partial charge in [-0.05, 0) is 12.5 Å². The Bertz CT molecular complexity index is 937. The Morgan fingerprint density at radius 3 is 2.07 bits per heavy atom. The highest BCUT2D eigenvalue weighted by atomic mass is 16.5. The fraction of sp³-hybridized carbons (Fsp3) is 0.227. The smallest absolute Gasteiger partial charge is 0.164 e. The lowest BCUT2D eigenvalue weighted by Gasteiger charge is -2.29. The number of ether oxygens (including phenoxy) is 1. The zero-order valence-corrected chi connectivity index (χ0v) is 15.3. The van der Waals surface area contributed by atoms with Gasteiger partial charge in [-0.15, -0.1) is 10.2 Å². The maximum Gasteiger partial charge on any atom is 0.164 e. The molecule has 0 N–H and O–H groups in total. The Labute approximate surface area is 158 Å². The number of hydrogen-bond donors (Lipinski definition) is 0. The summed E-state index contributed by atoms with van der Waals surface area (Å²) in [6.07, 6.45) is 0. The number of anilines is 1. The second-order valence-corrected chi connectivity index (χ2v) is 6.51. The number of nitrogens with zero attached hydrogens (tertiary/aromatic N) is 3. The molecule has 0 saturated carbocycles. The lowest BCUT2D eigenvalue weighted by molar-refractivity contribution is 0.101. The summed E-state index contributed by atoms with van der Waals surface area (Å²) in [6.45, 7) is 4.25. The third-order valence-electron chi connectivity index (χ3n) is 4.73. The van der Waals surface area contributed by atoms with Gasteiger partial charge >= 0.3 is 0 Å². The fourth-order valence-corrected chi connectivity index (χ4v) is 3.44. The monoisotopic (exact) mass is 359 g/mol. The second-order valence-electron chi connectivity index (χ2n) is 6.51. The van der Waals surface area contributed by atoms with Crippen molar-refractivity contribution in [3.63, 3.8) is 0 Å². The minimum atomic E-state index is -0.0116. The molecule has 4 rings (SSSR count). The Hall–Kier alpha value is -3.05. The molecule has 5 heteroatoms. The van der Waals surface area contributed by atoms with Gasteiger partial charge in [0.2, 0.25) is 0 Å². The number of carbonyl (C=O) groups excluding carboxylic acids is 1. The molecule has 0 atom stereocenters. The first-order chi connectivity index (χ1) is 13.3. The van der Waals surface area contributed by atoms with Crippen LogP contribution in [0.15, 0.2) is 60.7 Å². The lowest BCUT2D eigenvalue weighted by atomic mass is 9.93. The average molecular weight is 359 g/mol. The van der Waals surface area contributed by atoms with Crippen LogP contribution in [-0.4, -0.2) is 42.3 Å². The molecule has 1 aliphatic rings. The molecule has 3 aromatic rings. The zero-order valence-electron chi connectivity index (χ0n) is 15.3. The Morgan fingerprint density at radius 2 is 1.48 bits per heavy atom. The van der Waals surface area contributed by atoms with Gasteiger partial charge in [-0.25, -0.2) is 0 Å². The first-order valence-electron chi connectivity index (χ1n) is 9.11. The summed E-state index contributed by atoms with van der Waals surface area (Å²) in [5.74, 6) is 0.631. The van der Waals surface area contributed by atoms with Crippen LogP contribution in [0.3, 0.4) is 0 Å². The van der Waals surface area contributed by atoms with Crippen LogP contribution in [0.5, 0.6) is 0 Å². The van der Waals surface area contributed by atoms with Crippen molar-refractivity contribution in [2.75, 3.05) is 31.2 Å². The number of carbonyl (C=O) groups is 1. The van der Waals surface area contributed by atoms with E-state index in [-0.39, 0.29) is 5.78 Å². The van der Waals surface area contributed by atoms with Crippen molar-refractivity contribution in [2.24, 2.45) is 0 Å². The predicted octanol–water partition coefficient (Wildman–Crippen LogP) is 3.85. The van der Waals surface area contributed by atoms with Crippen molar-refractivity contribution in [3.8, 4) is 22.4 Å². The molecule has 1 fully saturated rings. The molecule has 2 aromatic carbocycles. The Morgan fingerprint density at radius 1 is 0.889 bits per heavy atom. The molecular formula is C22H21N3O2. The van der Waals surface area contributed by atoms with Crippen LogP contribution in [0.4, 0.5) is 5.82 Å². The number of ketones is 1. The van der Waals surface area contributed by atoms with Crippen LogP contribution in [-0.2, 0) is 4.74 Å². The van der Waals surface area contributed by atoms with Gasteiger partial charge in [0, 0.05) is 24.2 Å². The minimum Gasteiger partial charge on any atom is -0.378 e. The van der Waals surface area contributed by atoms with Gasteiger partial charge in [0.05, 0.1) is 18.8 Å². The van der Waals surface area contributed by atoms with Crippen LogP contribution < -0.4 is 4.90 Å². The first kappa shape index (κ1) is 17.4. The largest absolute Gasteiger partial charge is 0.378 e. The van der Waals surface area contributed by atoms with Gasteiger partial charge in [-0.3, -0.25) is 4.79 Å². The molecule has 0 spiro atoms. The van der Waals surface area contributed by atoms with Gasteiger partial charge in [0.25, 0.3) is 0 Å². The van der Waals surface area contributed by atoms with E-state index in [0.29, 0.717) is 37.7 Å². The molecular weight excluding hydrogens is 338 g/mol. The molecule has 0 aliphatic carbocycles. The van der Waals surface area contributed by atoms with Crippen molar-refractivity contribution in [1.29, 1.82) is 0 Å². The highest BCUT2D eigenvalue weighted by molar-refractivity contribution is 6.08. The van der Waals surface area contributed by atoms with E-state index < -0.39 is 0 Å². The third kappa shape index (κ3) is 3.46. The summed E-state index contributed by atoms with van der Waals surface area (Å²) in [4.78, 5) is 14.9. The van der Waals surface area contributed by atoms with Crippen molar-refractivity contribution in [3.05, 3.63) is 66.2 Å². The van der Waals surface area contributed by atoms with Crippen LogP contribution in [0, 0.1) is 0 Å². The van der Waals surface area contributed by atoms with E-state index in [4.69, 9.17) is 4.74 Å². The van der Waals surface area contributed by atoms with Crippen molar-refractivity contribution >= 4 is 11.6 Å². The van der Waals surface area contributed by atoms with Crippen LogP contribution in [0.1, 0.15) is 17.3 Å². The molecule has 1 saturated heterocycles. The van der Waals surface area contributed by atoms with Gasteiger partial charge in [0.15, 0.2) is 11.6 Å². The minimum absolute atomic E-state index is 0.0116. The highest BCUT2D eigenvalue weighted by Gasteiger charge is 2.26. The SMILES string of the molecule is CC(=O)c1c(N2CCOCC2)nnc(-c2ccccc2)c1-c1ccccc1. The number of benzene rings is 2. The maximum absolute atomic E-state index is 12.8. The van der Waals surface area contributed by atoms with E-state index in [1.807, 2.05) is 60.7 Å². The zero-order chi connectivity index (χ0) is 18.6. The average Bonchev–Trinajstić information content (AvgIpc) is 2.74. The molecule has 0 unspecified atom stereocenters. The summed E-state index contributed by atoms with van der Waals surface area (Å²) >= 11 is 0. The van der Waals surface area contributed by atoms with E-state index in [1.165, 1.54) is 0 Å². The predicted molar refractivity (Wildman–Crippen MR) is 106 cm³/mol. The molecule has 0 amide bonds. The number of Topliss-reactive ketones (excluding diaryl/α,β-unsaturated/α-hetero) is 1. The van der Waals surface area contributed by atoms with Gasteiger partial charge in [0.1, 0.15) is 5.69 Å². The van der Waals surface area contributed by atoms with E-state index in [2.05, 4.69) is 15.1 Å². The summed E-state index contributed by atoms with van der Waals surface area (Å²) in [5.41, 5.74) is 4.09. The number of rotatable bonds is 4. The van der Waals surface area contributed by atoms with Crippen molar-refractivity contribution in [2.45, 2.75) is 6.92 Å². The van der Waals surface area contributed by atoms with Crippen LogP contribution in [0.2, 0.25) is 0 Å². The Kier molecular flexibility index (Phi) is 4.94. The molecule has 136 valence electrons. The normalized spacial score (nSPS) is 14.2. The molecule has 1 aromatic heterocycles. The Balaban J connectivity index is 1.99. The first-order valence-corrected chi connectivity index (χ1v) is 9.11. The summed E-state index contributed by atoms with van der Waals surface area (Å²) in [6, 6.07) is 19.8. The van der Waals surface area contributed by atoms with Gasteiger partial charge < -0.3 is 9.64 Å². The standard InChI is InChI=1S/C22H21N3O2/c1-16(26)19-20(17-8-4-2-5-9-17)21(18-10-6-3-7-11-18)23-24-22(19)25-12-14-27-15-13-25/h2-11H,12-15H2,1H3. The second kappa shape index (κ2) is 7.68. The van der Waals surface area contributed by atoms with Crippen molar-refractivity contribution < 1.29 is 9.53 Å². The van der Waals surface area contributed by atoms with Crippen LogP contribution in [0.25, 0.3) is 22.4 Å². The molecule has 0 bridgehead atoms. The number of aromatic nitrogens is 2. The molecule has 5 nitrogen and oxygen atoms in total. The van der Waals surface area contributed by atoms with Gasteiger partial charge in [-0.1, -0.05) is 60.7 Å². The van der Waals surface area contributed by atoms with E-state index in [1.54, 1.807) is 6.92 Å². The molecule has 2 heterocycles. The quantitative estimate of drug-likeness (QED) is 0.662. The topological polar surface area (TPSA) is 55.3 Å². The lowest BCUT2D eigenvalue weighted by Crippen LogP contribution is -2.38. The molecule has 1 aliphatic heterocycles. The summed E-state index contributed by atoms with van der Waals surface area (Å²) < 4.78 is 5.45. The summed E-state index contributed by atoms with van der Waals surface area (Å²) in [7, 11) is 0.